The number of amides is 1. The van der Waals surface area contributed by atoms with Crippen LogP contribution in [0.2, 0.25) is 0 Å². The Hall–Kier alpha value is -3.06. The SMILES string of the molecule is CN(Cc1ccc(N(C)C)cc1)C(=O)CN1c2cccc3cccc(c23)S1(=O)=O. The van der Waals surface area contributed by atoms with Crippen molar-refractivity contribution in [2.45, 2.75) is 11.4 Å². The van der Waals surface area contributed by atoms with Crippen molar-refractivity contribution >= 4 is 38.1 Å². The van der Waals surface area contributed by atoms with Crippen LogP contribution in [0, 0.1) is 0 Å². The third-order valence-electron chi connectivity index (χ3n) is 5.26. The maximum Gasteiger partial charge on any atom is 0.265 e. The molecular weight excluding hydrogens is 386 g/mol. The molecule has 0 aromatic heterocycles. The van der Waals surface area contributed by atoms with E-state index in [9.17, 15) is 13.2 Å². The lowest BCUT2D eigenvalue weighted by Gasteiger charge is -2.23. The van der Waals surface area contributed by atoms with Gasteiger partial charge in [-0.05, 0) is 35.2 Å². The molecule has 4 rings (SSSR count). The van der Waals surface area contributed by atoms with Gasteiger partial charge in [0, 0.05) is 38.8 Å². The van der Waals surface area contributed by atoms with Gasteiger partial charge in [-0.1, -0.05) is 36.4 Å². The van der Waals surface area contributed by atoms with E-state index >= 15 is 0 Å². The van der Waals surface area contributed by atoms with Crippen LogP contribution < -0.4 is 9.21 Å². The van der Waals surface area contributed by atoms with E-state index in [4.69, 9.17) is 0 Å². The van der Waals surface area contributed by atoms with Crippen LogP contribution in [0.15, 0.2) is 65.6 Å². The van der Waals surface area contributed by atoms with E-state index in [-0.39, 0.29) is 17.3 Å². The Morgan fingerprint density at radius 2 is 1.59 bits per heavy atom. The highest BCUT2D eigenvalue weighted by molar-refractivity contribution is 7.93. The summed E-state index contributed by atoms with van der Waals surface area (Å²) in [6, 6.07) is 18.6. The van der Waals surface area contributed by atoms with Gasteiger partial charge in [-0.25, -0.2) is 8.42 Å². The fourth-order valence-corrected chi connectivity index (χ4v) is 5.29. The molecule has 1 aliphatic heterocycles. The normalized spacial score (nSPS) is 14.2. The van der Waals surface area contributed by atoms with Crippen LogP contribution >= 0.6 is 0 Å². The number of nitrogens with zero attached hydrogens (tertiary/aromatic N) is 3. The van der Waals surface area contributed by atoms with Crippen molar-refractivity contribution in [1.82, 2.24) is 4.90 Å². The van der Waals surface area contributed by atoms with Gasteiger partial charge in [-0.15, -0.1) is 0 Å². The minimum Gasteiger partial charge on any atom is -0.378 e. The second kappa shape index (κ2) is 7.08. The van der Waals surface area contributed by atoms with Crippen molar-refractivity contribution in [2.24, 2.45) is 0 Å². The number of hydrogen-bond donors (Lipinski definition) is 0. The molecule has 150 valence electrons. The van der Waals surface area contributed by atoms with Crippen molar-refractivity contribution < 1.29 is 13.2 Å². The van der Waals surface area contributed by atoms with Gasteiger partial charge in [0.2, 0.25) is 5.91 Å². The molecule has 0 aliphatic carbocycles. The molecule has 7 heteroatoms. The van der Waals surface area contributed by atoms with Gasteiger partial charge < -0.3 is 9.80 Å². The average Bonchev–Trinajstić information content (AvgIpc) is 2.91. The number of likely N-dealkylation sites (N-methyl/N-ethyl adjacent to an activating group) is 1. The van der Waals surface area contributed by atoms with Crippen LogP contribution in [0.4, 0.5) is 11.4 Å². The third kappa shape index (κ3) is 3.31. The molecule has 0 fully saturated rings. The van der Waals surface area contributed by atoms with Gasteiger partial charge >= 0.3 is 0 Å². The summed E-state index contributed by atoms with van der Waals surface area (Å²) in [6.07, 6.45) is 0. The van der Waals surface area contributed by atoms with E-state index in [1.54, 1.807) is 30.1 Å². The fraction of sp³-hybridized carbons (Fsp3) is 0.227. The minimum atomic E-state index is -3.73. The maximum absolute atomic E-state index is 13.0. The summed E-state index contributed by atoms with van der Waals surface area (Å²) in [4.78, 5) is 16.7. The summed E-state index contributed by atoms with van der Waals surface area (Å²) in [5, 5.41) is 1.54. The highest BCUT2D eigenvalue weighted by Crippen LogP contribution is 2.41. The van der Waals surface area contributed by atoms with Crippen LogP contribution in [-0.4, -0.2) is 46.9 Å². The number of carbonyl (C=O) groups is 1. The molecule has 1 amide bonds. The predicted octanol–water partition coefficient (Wildman–Crippen LogP) is 3.07. The van der Waals surface area contributed by atoms with Crippen LogP contribution in [0.5, 0.6) is 0 Å². The largest absolute Gasteiger partial charge is 0.378 e. The van der Waals surface area contributed by atoms with Gasteiger partial charge in [0.1, 0.15) is 6.54 Å². The lowest BCUT2D eigenvalue weighted by molar-refractivity contribution is -0.128. The van der Waals surface area contributed by atoms with Crippen LogP contribution in [-0.2, 0) is 21.4 Å². The first-order valence-electron chi connectivity index (χ1n) is 9.34. The Kier molecular flexibility index (Phi) is 4.70. The molecule has 3 aromatic carbocycles. The zero-order chi connectivity index (χ0) is 20.8. The van der Waals surface area contributed by atoms with Crippen molar-refractivity contribution in [1.29, 1.82) is 0 Å². The predicted molar refractivity (Wildman–Crippen MR) is 116 cm³/mol. The van der Waals surface area contributed by atoms with Gasteiger partial charge in [-0.2, -0.15) is 0 Å². The Balaban J connectivity index is 1.55. The minimum absolute atomic E-state index is 0.220. The molecule has 0 spiro atoms. The lowest BCUT2D eigenvalue weighted by atomic mass is 10.1. The van der Waals surface area contributed by atoms with Crippen molar-refractivity contribution in [2.75, 3.05) is 36.9 Å². The zero-order valence-corrected chi connectivity index (χ0v) is 17.5. The molecular formula is C22H23N3O3S. The molecule has 1 aliphatic rings. The third-order valence-corrected chi connectivity index (χ3v) is 7.06. The van der Waals surface area contributed by atoms with E-state index in [1.807, 2.05) is 61.5 Å². The molecule has 29 heavy (non-hydrogen) atoms. The number of rotatable bonds is 5. The number of benzene rings is 3. The molecule has 3 aromatic rings. The Morgan fingerprint density at radius 3 is 2.24 bits per heavy atom. The van der Waals surface area contributed by atoms with Crippen molar-refractivity contribution in [3.8, 4) is 0 Å². The fourth-order valence-electron chi connectivity index (χ4n) is 3.63. The Labute approximate surface area is 171 Å². The van der Waals surface area contributed by atoms with Crippen LogP contribution in [0.3, 0.4) is 0 Å². The summed E-state index contributed by atoms with van der Waals surface area (Å²) in [6.45, 7) is 0.194. The molecule has 0 saturated carbocycles. The van der Waals surface area contributed by atoms with E-state index in [0.717, 1.165) is 16.6 Å². The van der Waals surface area contributed by atoms with E-state index in [2.05, 4.69) is 0 Å². The van der Waals surface area contributed by atoms with Gasteiger partial charge in [0.05, 0.1) is 10.6 Å². The summed E-state index contributed by atoms with van der Waals surface area (Å²) in [7, 11) is 1.90. The monoisotopic (exact) mass is 409 g/mol. The highest BCUT2D eigenvalue weighted by atomic mass is 32.2. The molecule has 6 nitrogen and oxygen atoms in total. The Morgan fingerprint density at radius 1 is 0.931 bits per heavy atom. The quantitative estimate of drug-likeness (QED) is 0.650. The summed E-state index contributed by atoms with van der Waals surface area (Å²) < 4.78 is 27.3. The Bertz CT molecular complexity index is 1180. The van der Waals surface area contributed by atoms with E-state index < -0.39 is 10.0 Å². The first-order valence-corrected chi connectivity index (χ1v) is 10.8. The standard InChI is InChI=1S/C22H23N3O3S/c1-23(2)18-12-10-16(11-13-18)14-24(3)21(26)15-25-19-8-4-6-17-7-5-9-20(22(17)19)29(25,27)28/h4-13H,14-15H2,1-3H3. The van der Waals surface area contributed by atoms with E-state index in [0.29, 0.717) is 17.6 Å². The molecule has 0 N–H and O–H groups in total. The number of sulfonamides is 1. The first kappa shape index (κ1) is 19.3. The smallest absolute Gasteiger partial charge is 0.265 e. The average molecular weight is 410 g/mol. The summed E-state index contributed by atoms with van der Waals surface area (Å²) in [5.41, 5.74) is 2.63. The lowest BCUT2D eigenvalue weighted by Crippen LogP contribution is -2.39. The van der Waals surface area contributed by atoms with Gasteiger partial charge in [-0.3, -0.25) is 9.10 Å². The topological polar surface area (TPSA) is 60.9 Å². The van der Waals surface area contributed by atoms with E-state index in [1.165, 1.54) is 4.31 Å². The van der Waals surface area contributed by atoms with Gasteiger partial charge in [0.15, 0.2) is 0 Å². The number of hydrogen-bond acceptors (Lipinski definition) is 4. The second-order valence-electron chi connectivity index (χ2n) is 7.45. The highest BCUT2D eigenvalue weighted by Gasteiger charge is 2.37. The molecule has 0 saturated heterocycles. The van der Waals surface area contributed by atoms with Gasteiger partial charge in [0.25, 0.3) is 10.0 Å². The molecule has 0 atom stereocenters. The molecule has 0 radical (unpaired) electrons. The number of carbonyl (C=O) groups excluding carboxylic acids is 1. The van der Waals surface area contributed by atoms with Crippen LogP contribution in [0.1, 0.15) is 5.56 Å². The maximum atomic E-state index is 13.0. The molecule has 1 heterocycles. The first-order chi connectivity index (χ1) is 13.8. The van der Waals surface area contributed by atoms with Crippen molar-refractivity contribution in [3.05, 3.63) is 66.2 Å². The number of anilines is 2. The summed E-state index contributed by atoms with van der Waals surface area (Å²) in [5.74, 6) is -0.255. The molecule has 0 unspecified atom stereocenters. The summed E-state index contributed by atoms with van der Waals surface area (Å²) >= 11 is 0. The zero-order valence-electron chi connectivity index (χ0n) is 16.7. The second-order valence-corrected chi connectivity index (χ2v) is 9.28. The van der Waals surface area contributed by atoms with Crippen molar-refractivity contribution in [3.63, 3.8) is 0 Å². The van der Waals surface area contributed by atoms with Crippen LogP contribution in [0.25, 0.3) is 10.8 Å². The molecule has 0 bridgehead atoms.